The van der Waals surface area contributed by atoms with Crippen LogP contribution >= 0.6 is 0 Å². The molecule has 0 spiro atoms. The Labute approximate surface area is 190 Å². The van der Waals surface area contributed by atoms with Crippen molar-refractivity contribution < 1.29 is 92.4 Å². The van der Waals surface area contributed by atoms with Gasteiger partial charge in [-0.15, -0.1) is 0 Å². The van der Waals surface area contributed by atoms with Crippen molar-refractivity contribution in [2.45, 2.75) is 71.1 Å². The molecule has 11 heteroatoms. The number of hydrogen-bond acceptors (Lipinski definition) is 4. The van der Waals surface area contributed by atoms with Crippen molar-refractivity contribution in [3.05, 3.63) is 0 Å². The van der Waals surface area contributed by atoms with E-state index in [-0.39, 0.29) is 68.6 Å². The van der Waals surface area contributed by atoms with Crippen LogP contribution in [-0.2, 0) is 25.9 Å². The molecule has 0 fully saturated rings. The van der Waals surface area contributed by atoms with E-state index in [1.54, 1.807) is 0 Å². The summed E-state index contributed by atoms with van der Waals surface area (Å²) in [7, 11) is -4.23. The average molecular weight is 396 g/mol. The monoisotopic (exact) mass is 396 g/mol. The van der Waals surface area contributed by atoms with Crippen LogP contribution in [0.15, 0.2) is 0 Å². The van der Waals surface area contributed by atoms with Crippen molar-refractivity contribution in [1.82, 2.24) is 0 Å². The predicted molar refractivity (Wildman–Crippen MR) is 85.0 cm³/mol. The molecule has 0 unspecified atom stereocenters. The first-order valence-corrected chi connectivity index (χ1v) is 9.64. The van der Waals surface area contributed by atoms with Gasteiger partial charge in [-0.25, -0.2) is 4.18 Å². The van der Waals surface area contributed by atoms with Gasteiger partial charge in [0, 0.05) is 0 Å². The van der Waals surface area contributed by atoms with Crippen molar-refractivity contribution in [3.63, 3.8) is 0 Å². The van der Waals surface area contributed by atoms with Crippen molar-refractivity contribution in [2.75, 3.05) is 6.61 Å². The molecular formula is C12H30Na2O7S2. The average Bonchev–Trinajstić information content (AvgIpc) is 2.34. The summed E-state index contributed by atoms with van der Waals surface area (Å²) in [4.78, 5) is 0. The number of hydrogen-bond donors (Lipinski definition) is 3. The van der Waals surface area contributed by atoms with Gasteiger partial charge in [0.1, 0.15) is 0 Å². The van der Waals surface area contributed by atoms with Gasteiger partial charge in [-0.2, -0.15) is 12.6 Å². The van der Waals surface area contributed by atoms with Crippen LogP contribution in [0.3, 0.4) is 0 Å². The predicted octanol–water partition coefficient (Wildman–Crippen LogP) is -2.36. The van der Waals surface area contributed by atoms with Crippen molar-refractivity contribution >= 4 is 21.8 Å². The summed E-state index contributed by atoms with van der Waals surface area (Å²) < 4.78 is 55.8. The quantitative estimate of drug-likeness (QED) is 0.146. The molecule has 7 nitrogen and oxygen atoms in total. The molecule has 0 saturated heterocycles. The molecule has 0 radical (unpaired) electrons. The topological polar surface area (TPSA) is 121 Å². The van der Waals surface area contributed by atoms with Gasteiger partial charge in [0.25, 0.3) is 11.4 Å². The van der Waals surface area contributed by atoms with Crippen LogP contribution in [0.2, 0.25) is 0 Å². The summed E-state index contributed by atoms with van der Waals surface area (Å²) in [5, 5.41) is 0. The Morgan fingerprint density at radius 1 is 0.870 bits per heavy atom. The first kappa shape index (κ1) is 32.6. The molecule has 134 valence electrons. The van der Waals surface area contributed by atoms with Crippen LogP contribution in [0.4, 0.5) is 0 Å². The number of rotatable bonds is 12. The van der Waals surface area contributed by atoms with Crippen LogP contribution in [-0.4, -0.2) is 32.9 Å². The minimum Gasteiger partial charge on any atom is -1.00 e. The fourth-order valence-corrected chi connectivity index (χ4v) is 2.08. The van der Waals surface area contributed by atoms with Gasteiger partial charge in [0.15, 0.2) is 0 Å². The van der Waals surface area contributed by atoms with E-state index in [0.717, 1.165) is 12.8 Å². The molecule has 0 heterocycles. The van der Waals surface area contributed by atoms with E-state index < -0.39 is 21.8 Å². The molecule has 0 aliphatic carbocycles. The molecule has 0 aromatic heterocycles. The van der Waals surface area contributed by atoms with Gasteiger partial charge < -0.3 is 2.85 Å². The maximum absolute atomic E-state index is 10.2. The summed E-state index contributed by atoms with van der Waals surface area (Å²) in [6, 6.07) is 0. The van der Waals surface area contributed by atoms with Crippen molar-refractivity contribution in [1.29, 1.82) is 0 Å². The molecule has 23 heavy (non-hydrogen) atoms. The molecule has 0 amide bonds. The van der Waals surface area contributed by atoms with Crippen molar-refractivity contribution in [3.8, 4) is 0 Å². The Hall–Kier alpha value is 1.94. The number of unbranched alkanes of at least 4 members (excludes halogenated alkanes) is 9. The fourth-order valence-electron chi connectivity index (χ4n) is 1.75. The van der Waals surface area contributed by atoms with Gasteiger partial charge in [0.2, 0.25) is 0 Å². The first-order valence-electron chi connectivity index (χ1n) is 7.21. The Bertz CT molecular complexity index is 346. The van der Waals surface area contributed by atoms with E-state index >= 15 is 0 Å². The molecule has 3 N–H and O–H groups in total. The zero-order valence-electron chi connectivity index (χ0n) is 16.6. The fraction of sp³-hybridized carbons (Fsp3) is 1.00. The molecular weight excluding hydrogens is 366 g/mol. The van der Waals surface area contributed by atoms with Gasteiger partial charge in [-0.3, -0.25) is 13.7 Å². The van der Waals surface area contributed by atoms with Gasteiger partial charge in [-0.05, 0) is 6.42 Å². The summed E-state index contributed by atoms with van der Waals surface area (Å²) in [5.74, 6) is 0. The maximum atomic E-state index is 10.2. The van der Waals surface area contributed by atoms with E-state index in [4.69, 9.17) is 17.9 Å². The molecule has 0 aromatic carbocycles. The maximum Gasteiger partial charge on any atom is 1.00 e. The summed E-state index contributed by atoms with van der Waals surface area (Å²) >= 11 is -2.61. The minimum atomic E-state index is -4.23. The van der Waals surface area contributed by atoms with E-state index in [1.807, 2.05) is 0 Å². The SMILES string of the molecule is CCCCCCCCCCCCOS(=O)(=O)O.O=S(O)O.[H-].[H-].[Na+].[Na+]. The zero-order valence-corrected chi connectivity index (χ0v) is 20.2. The molecule has 0 aromatic rings. The molecule has 0 aliphatic heterocycles. The van der Waals surface area contributed by atoms with Crippen LogP contribution in [0, 0.1) is 0 Å². The van der Waals surface area contributed by atoms with Crippen LogP contribution < -0.4 is 59.1 Å². The van der Waals surface area contributed by atoms with E-state index in [1.165, 1.54) is 44.9 Å². The van der Waals surface area contributed by atoms with E-state index in [2.05, 4.69) is 11.1 Å². The second-order valence-electron chi connectivity index (χ2n) is 4.66. The van der Waals surface area contributed by atoms with Gasteiger partial charge in [0.05, 0.1) is 6.61 Å². The molecule has 0 bridgehead atoms. The molecule has 0 rings (SSSR count). The zero-order chi connectivity index (χ0) is 16.6. The third-order valence-electron chi connectivity index (χ3n) is 2.73. The Morgan fingerprint density at radius 3 is 1.48 bits per heavy atom. The first-order chi connectivity index (χ1) is 9.79. The summed E-state index contributed by atoms with van der Waals surface area (Å²) in [6.07, 6.45) is 11.9. The normalized spacial score (nSPS) is 10.3. The van der Waals surface area contributed by atoms with Gasteiger partial charge in [-0.1, -0.05) is 64.7 Å². The molecule has 0 aliphatic rings. The smallest absolute Gasteiger partial charge is 1.00 e. The third kappa shape index (κ3) is 45.4. The van der Waals surface area contributed by atoms with Crippen molar-refractivity contribution in [2.24, 2.45) is 0 Å². The van der Waals surface area contributed by atoms with E-state index in [0.29, 0.717) is 6.42 Å². The minimum absolute atomic E-state index is 0. The van der Waals surface area contributed by atoms with E-state index in [9.17, 15) is 8.42 Å². The summed E-state index contributed by atoms with van der Waals surface area (Å²) in [6.45, 7) is 2.31. The Kier molecular flexibility index (Phi) is 33.9. The second kappa shape index (κ2) is 23.9. The van der Waals surface area contributed by atoms with Crippen LogP contribution in [0.25, 0.3) is 0 Å². The molecule has 0 atom stereocenters. The standard InChI is InChI=1S/C12H26O4S.2Na.H2O3S.2H/c1-2-3-4-5-6-7-8-9-10-11-12-16-17(13,14)15;;;1-4(2)3;;/h2-12H2,1H3,(H,13,14,15);;;(H2,1,2,3);;/q;2*+1;;2*-1. The molecule has 0 saturated carbocycles. The summed E-state index contributed by atoms with van der Waals surface area (Å²) in [5.41, 5.74) is 0. The van der Waals surface area contributed by atoms with Crippen LogP contribution in [0.5, 0.6) is 0 Å². The Morgan fingerprint density at radius 2 is 1.17 bits per heavy atom. The van der Waals surface area contributed by atoms with Crippen LogP contribution in [0.1, 0.15) is 74.0 Å². The van der Waals surface area contributed by atoms with Gasteiger partial charge >= 0.3 is 69.5 Å². The third-order valence-corrected chi connectivity index (χ3v) is 3.19. The Balaban J connectivity index is -0.000000102. The largest absolute Gasteiger partial charge is 1.00 e. The second-order valence-corrected chi connectivity index (χ2v) is 6.22.